The zero-order valence-electron chi connectivity index (χ0n) is 15.2. The second-order valence-electron chi connectivity index (χ2n) is 6.33. The van der Waals surface area contributed by atoms with Crippen molar-refractivity contribution in [3.8, 4) is 5.75 Å². The van der Waals surface area contributed by atoms with Crippen molar-refractivity contribution in [3.05, 3.63) is 65.2 Å². The third kappa shape index (κ3) is 3.46. The van der Waals surface area contributed by atoms with Crippen molar-refractivity contribution in [2.45, 2.75) is 13.0 Å². The van der Waals surface area contributed by atoms with Gasteiger partial charge in [-0.05, 0) is 43.3 Å². The molecule has 2 aromatic heterocycles. The predicted molar refractivity (Wildman–Crippen MR) is 107 cm³/mol. The van der Waals surface area contributed by atoms with E-state index in [9.17, 15) is 8.42 Å². The summed E-state index contributed by atoms with van der Waals surface area (Å²) in [6, 6.07) is 10.2. The maximum absolute atomic E-state index is 12.3. The van der Waals surface area contributed by atoms with Crippen molar-refractivity contribution >= 4 is 38.2 Å². The summed E-state index contributed by atoms with van der Waals surface area (Å²) in [5.74, 6) is 1.23. The van der Waals surface area contributed by atoms with Crippen LogP contribution in [0.4, 0.5) is 0 Å². The summed E-state index contributed by atoms with van der Waals surface area (Å²) in [5, 5.41) is 1.05. The summed E-state index contributed by atoms with van der Waals surface area (Å²) < 4.78 is 36.7. The third-order valence-electron chi connectivity index (χ3n) is 4.35. The van der Waals surface area contributed by atoms with Gasteiger partial charge in [-0.15, -0.1) is 4.41 Å². The average molecular weight is 420 g/mol. The molecule has 0 aliphatic carbocycles. The largest absolute Gasteiger partial charge is 0.494 e. The van der Waals surface area contributed by atoms with Crippen molar-refractivity contribution in [1.29, 1.82) is 0 Å². The van der Waals surface area contributed by atoms with Crippen LogP contribution in [0.5, 0.6) is 5.75 Å². The molecule has 0 unspecified atom stereocenters. The fraction of sp³-hybridized carbons (Fsp3) is 0.211. The predicted octanol–water partition coefficient (Wildman–Crippen LogP) is 3.74. The maximum atomic E-state index is 12.3. The van der Waals surface area contributed by atoms with Gasteiger partial charge >= 0.3 is 0 Å². The van der Waals surface area contributed by atoms with Crippen LogP contribution in [0.25, 0.3) is 16.6 Å². The molecule has 0 fully saturated rings. The van der Waals surface area contributed by atoms with E-state index in [0.717, 1.165) is 16.1 Å². The van der Waals surface area contributed by atoms with Crippen LogP contribution < -0.4 is 10.2 Å². The molecule has 1 atom stereocenters. The molecule has 3 aromatic rings. The Kier molecular flexibility index (Phi) is 4.78. The standard InChI is InChI=1S/C19H18ClN3O4S/c1-3-26-13-7-6-12-9-14(19(20)21-15(12)10-13)17-11-16(18-5-4-8-27-18)22-23(17)28(2,24)25/h4-11,17,22H,3H2,1-2H3/t17-/m0/s1. The lowest BCUT2D eigenvalue weighted by molar-refractivity contribution is 0.340. The summed E-state index contributed by atoms with van der Waals surface area (Å²) in [6.07, 6.45) is 4.41. The van der Waals surface area contributed by atoms with Crippen LogP contribution in [0, 0.1) is 0 Å². The van der Waals surface area contributed by atoms with Gasteiger partial charge < -0.3 is 14.6 Å². The Bertz CT molecular complexity index is 1160. The number of hydrazine groups is 1. The Morgan fingerprint density at radius 3 is 2.82 bits per heavy atom. The van der Waals surface area contributed by atoms with Crippen molar-refractivity contribution < 1.29 is 17.6 Å². The number of nitrogens with zero attached hydrogens (tertiary/aromatic N) is 2. The number of pyridine rings is 1. The Morgan fingerprint density at radius 1 is 1.32 bits per heavy atom. The fourth-order valence-corrected chi connectivity index (χ4v) is 4.24. The van der Waals surface area contributed by atoms with Crippen LogP contribution in [0.15, 0.2) is 53.2 Å². The van der Waals surface area contributed by atoms with E-state index >= 15 is 0 Å². The number of aromatic nitrogens is 1. The monoisotopic (exact) mass is 419 g/mol. The number of ether oxygens (including phenoxy) is 1. The van der Waals surface area contributed by atoms with E-state index in [1.165, 1.54) is 6.26 Å². The van der Waals surface area contributed by atoms with Crippen LogP contribution >= 0.6 is 11.6 Å². The topological polar surface area (TPSA) is 84.7 Å². The van der Waals surface area contributed by atoms with Crippen LogP contribution in [-0.4, -0.2) is 30.7 Å². The molecule has 9 heteroatoms. The molecule has 28 heavy (non-hydrogen) atoms. The van der Waals surface area contributed by atoms with E-state index in [1.807, 2.05) is 25.1 Å². The zero-order chi connectivity index (χ0) is 19.9. The zero-order valence-corrected chi connectivity index (χ0v) is 16.8. The molecule has 4 rings (SSSR count). The quantitative estimate of drug-likeness (QED) is 0.634. The molecular weight excluding hydrogens is 402 g/mol. The molecule has 1 N–H and O–H groups in total. The highest BCUT2D eigenvalue weighted by Gasteiger charge is 2.35. The lowest BCUT2D eigenvalue weighted by Gasteiger charge is -2.23. The van der Waals surface area contributed by atoms with Gasteiger partial charge in [0.15, 0.2) is 5.76 Å². The summed E-state index contributed by atoms with van der Waals surface area (Å²) in [5.41, 5.74) is 4.67. The van der Waals surface area contributed by atoms with Gasteiger partial charge in [-0.2, -0.15) is 0 Å². The number of halogens is 1. The second-order valence-corrected chi connectivity index (χ2v) is 8.55. The normalized spacial score (nSPS) is 17.5. The lowest BCUT2D eigenvalue weighted by atomic mass is 10.1. The number of furan rings is 1. The van der Waals surface area contributed by atoms with Gasteiger partial charge in [-0.25, -0.2) is 13.4 Å². The van der Waals surface area contributed by atoms with Gasteiger partial charge in [-0.1, -0.05) is 11.6 Å². The van der Waals surface area contributed by atoms with Crippen molar-refractivity contribution in [3.63, 3.8) is 0 Å². The Morgan fingerprint density at radius 2 is 2.14 bits per heavy atom. The maximum Gasteiger partial charge on any atom is 0.228 e. The number of sulfonamides is 1. The van der Waals surface area contributed by atoms with E-state index in [4.69, 9.17) is 20.8 Å². The highest BCUT2D eigenvalue weighted by atomic mass is 35.5. The molecular formula is C19H18ClN3O4S. The summed E-state index contributed by atoms with van der Waals surface area (Å²) in [7, 11) is -3.59. The SMILES string of the molecule is CCOc1ccc2cc([C@@H]3C=C(c4ccco4)NN3S(C)(=O)=O)c(Cl)nc2c1. The van der Waals surface area contributed by atoms with E-state index in [1.54, 1.807) is 24.3 Å². The summed E-state index contributed by atoms with van der Waals surface area (Å²) in [4.78, 5) is 4.45. The molecule has 3 heterocycles. The van der Waals surface area contributed by atoms with Crippen molar-refractivity contribution in [1.82, 2.24) is 14.8 Å². The van der Waals surface area contributed by atoms with E-state index in [-0.39, 0.29) is 5.15 Å². The van der Waals surface area contributed by atoms with Crippen LogP contribution in [0.2, 0.25) is 5.15 Å². The minimum absolute atomic E-state index is 0.221. The smallest absolute Gasteiger partial charge is 0.228 e. The first-order valence-corrected chi connectivity index (χ1v) is 10.8. The molecule has 1 aliphatic rings. The van der Waals surface area contributed by atoms with Gasteiger partial charge in [0.2, 0.25) is 10.0 Å². The highest BCUT2D eigenvalue weighted by molar-refractivity contribution is 7.88. The van der Waals surface area contributed by atoms with Gasteiger partial charge in [0.1, 0.15) is 10.9 Å². The molecule has 1 aliphatic heterocycles. The van der Waals surface area contributed by atoms with E-state index < -0.39 is 16.1 Å². The summed E-state index contributed by atoms with van der Waals surface area (Å²) >= 11 is 6.45. The third-order valence-corrected chi connectivity index (χ3v) is 5.69. The Balaban J connectivity index is 1.81. The number of hydrogen-bond donors (Lipinski definition) is 1. The molecule has 0 bridgehead atoms. The van der Waals surface area contributed by atoms with Gasteiger partial charge in [0.25, 0.3) is 0 Å². The van der Waals surface area contributed by atoms with E-state index in [0.29, 0.717) is 34.9 Å². The molecule has 7 nitrogen and oxygen atoms in total. The number of fused-ring (bicyclic) bond motifs is 1. The first kappa shape index (κ1) is 18.8. The van der Waals surface area contributed by atoms with Crippen LogP contribution in [-0.2, 0) is 10.0 Å². The molecule has 0 radical (unpaired) electrons. The molecule has 0 spiro atoms. The first-order chi connectivity index (χ1) is 13.4. The Hall–Kier alpha value is -2.55. The molecule has 0 saturated carbocycles. The lowest BCUT2D eigenvalue weighted by Crippen LogP contribution is -2.38. The minimum Gasteiger partial charge on any atom is -0.494 e. The summed E-state index contributed by atoms with van der Waals surface area (Å²) in [6.45, 7) is 2.46. The fourth-order valence-electron chi connectivity index (χ4n) is 3.13. The van der Waals surface area contributed by atoms with Gasteiger partial charge in [-0.3, -0.25) is 0 Å². The Labute approximate surface area is 167 Å². The van der Waals surface area contributed by atoms with Gasteiger partial charge in [0, 0.05) is 17.0 Å². The van der Waals surface area contributed by atoms with E-state index in [2.05, 4.69) is 10.4 Å². The van der Waals surface area contributed by atoms with Crippen LogP contribution in [0.1, 0.15) is 24.3 Å². The second kappa shape index (κ2) is 7.12. The van der Waals surface area contributed by atoms with Crippen molar-refractivity contribution in [2.75, 3.05) is 12.9 Å². The number of rotatable bonds is 5. The number of benzene rings is 1. The first-order valence-electron chi connectivity index (χ1n) is 8.61. The molecule has 0 amide bonds. The molecule has 146 valence electrons. The molecule has 0 saturated heterocycles. The number of nitrogens with one attached hydrogen (secondary N) is 1. The highest BCUT2D eigenvalue weighted by Crippen LogP contribution is 2.37. The average Bonchev–Trinajstić information content (AvgIpc) is 3.30. The van der Waals surface area contributed by atoms with Gasteiger partial charge in [0.05, 0.1) is 36.4 Å². The molecule has 1 aromatic carbocycles. The minimum atomic E-state index is -3.59. The van der Waals surface area contributed by atoms with Crippen LogP contribution in [0.3, 0.4) is 0 Å². The van der Waals surface area contributed by atoms with Crippen molar-refractivity contribution in [2.24, 2.45) is 0 Å². The number of hydrogen-bond acceptors (Lipinski definition) is 6.